The molecule has 3 rings (SSSR count). The van der Waals surface area contributed by atoms with Crippen LogP contribution in [-0.2, 0) is 4.79 Å². The van der Waals surface area contributed by atoms with Crippen molar-refractivity contribution in [1.82, 2.24) is 10.2 Å². The number of hydrogen-bond donors (Lipinski definition) is 2. The zero-order valence-electron chi connectivity index (χ0n) is 14.9. The van der Waals surface area contributed by atoms with Gasteiger partial charge in [-0.2, -0.15) is 5.26 Å². The van der Waals surface area contributed by atoms with E-state index in [9.17, 15) is 18.4 Å². The second kappa shape index (κ2) is 7.35. The molecule has 9 heteroatoms. The van der Waals surface area contributed by atoms with E-state index >= 15 is 0 Å². The predicted molar refractivity (Wildman–Crippen MR) is 89.6 cm³/mol. The molecule has 1 saturated heterocycles. The minimum absolute atomic E-state index is 0.532. The van der Waals surface area contributed by atoms with E-state index in [-0.39, 0.29) is 0 Å². The summed E-state index contributed by atoms with van der Waals surface area (Å²) >= 11 is 0. The Balaban J connectivity index is 0.000000195. The van der Waals surface area contributed by atoms with Gasteiger partial charge >= 0.3 is 6.09 Å². The van der Waals surface area contributed by atoms with Crippen LogP contribution < -0.4 is 5.32 Å². The van der Waals surface area contributed by atoms with Gasteiger partial charge in [-0.3, -0.25) is 4.79 Å². The fourth-order valence-electron chi connectivity index (χ4n) is 3.01. The van der Waals surface area contributed by atoms with Crippen LogP contribution in [0.1, 0.15) is 51.9 Å². The standard InChI is InChI=1S/C9H12F2N3O.C8H13NO2/c1-8(10,11)4-6(13)7(15)14-9(5-12)2-3-9;10-7(11)9-5-3-8(1-2-8)4-6-9/h6,13H,2-4H2,1H3,(H,14,15);1-6H2,(H,10,11)/q-1;/t6-;/m0./s1. The first-order valence-corrected chi connectivity index (χ1v) is 8.80. The molecule has 0 bridgehead atoms. The highest BCUT2D eigenvalue weighted by atomic mass is 19.3. The van der Waals surface area contributed by atoms with Crippen LogP contribution in [0.15, 0.2) is 0 Å². The maximum atomic E-state index is 12.5. The largest absolute Gasteiger partial charge is 0.667 e. The van der Waals surface area contributed by atoms with Crippen LogP contribution in [0.4, 0.5) is 13.6 Å². The molecule has 2 amide bonds. The van der Waals surface area contributed by atoms with E-state index in [1.54, 1.807) is 0 Å². The highest BCUT2D eigenvalue weighted by molar-refractivity contribution is 5.84. The Kier molecular flexibility index (Phi) is 5.76. The van der Waals surface area contributed by atoms with Crippen molar-refractivity contribution < 1.29 is 23.5 Å². The van der Waals surface area contributed by atoms with Crippen molar-refractivity contribution in [2.24, 2.45) is 5.41 Å². The smallest absolute Gasteiger partial charge is 0.407 e. The Morgan fingerprint density at radius 1 is 1.27 bits per heavy atom. The average Bonchev–Trinajstić information content (AvgIpc) is 3.46. The number of halogens is 2. The number of nitriles is 1. The second-order valence-electron chi connectivity index (χ2n) is 7.78. The Labute approximate surface area is 151 Å². The fourth-order valence-corrected chi connectivity index (χ4v) is 3.01. The summed E-state index contributed by atoms with van der Waals surface area (Å²) in [6.45, 7) is 2.18. The molecule has 146 valence electrons. The number of carboxylic acid groups (broad SMARTS) is 1. The van der Waals surface area contributed by atoms with Crippen molar-refractivity contribution in [2.75, 3.05) is 13.1 Å². The predicted octanol–water partition coefficient (Wildman–Crippen LogP) is 3.17. The molecule has 1 aliphatic heterocycles. The molecule has 0 radical (unpaired) electrons. The van der Waals surface area contributed by atoms with E-state index in [2.05, 4.69) is 5.32 Å². The third-order valence-electron chi connectivity index (χ3n) is 5.26. The topological polar surface area (TPSA) is 117 Å². The van der Waals surface area contributed by atoms with Gasteiger partial charge in [0.05, 0.1) is 6.07 Å². The van der Waals surface area contributed by atoms with Crippen molar-refractivity contribution in [3.63, 3.8) is 0 Å². The molecular formula is C17H25F2N4O3-. The van der Waals surface area contributed by atoms with Crippen LogP contribution in [0.5, 0.6) is 0 Å². The summed E-state index contributed by atoms with van der Waals surface area (Å²) in [4.78, 5) is 23.3. The molecule has 2 aliphatic carbocycles. The van der Waals surface area contributed by atoms with Gasteiger partial charge in [-0.25, -0.2) is 13.6 Å². The van der Waals surface area contributed by atoms with Gasteiger partial charge in [0.25, 0.3) is 0 Å². The molecular weight excluding hydrogens is 346 g/mol. The maximum Gasteiger partial charge on any atom is 0.407 e. The lowest BCUT2D eigenvalue weighted by molar-refractivity contribution is -0.124. The lowest BCUT2D eigenvalue weighted by atomic mass is 9.94. The Bertz CT molecular complexity index is 582. The summed E-state index contributed by atoms with van der Waals surface area (Å²) in [6, 6.07) is 0.380. The van der Waals surface area contributed by atoms with Gasteiger partial charge in [-0.1, -0.05) is 6.04 Å². The summed E-state index contributed by atoms with van der Waals surface area (Å²) in [5.41, 5.74) is 6.91. The molecule has 1 heterocycles. The molecule has 0 aromatic rings. The van der Waals surface area contributed by atoms with E-state index in [4.69, 9.17) is 16.1 Å². The first kappa shape index (κ1) is 20.4. The normalized spacial score (nSPS) is 23.1. The van der Waals surface area contributed by atoms with E-state index in [0.717, 1.165) is 25.9 Å². The number of carbonyl (C=O) groups excluding carboxylic acids is 1. The molecule has 0 aromatic carbocycles. The van der Waals surface area contributed by atoms with Gasteiger partial charge in [0.2, 0.25) is 11.8 Å². The maximum absolute atomic E-state index is 12.5. The monoisotopic (exact) mass is 371 g/mol. The SMILES string of the molecule is CC(F)(F)C[C@H]([NH-])C(=O)NC1(C#N)CC1.O=C(O)N1CCC2(CC1)CC2. The van der Waals surface area contributed by atoms with Gasteiger partial charge < -0.3 is 21.1 Å². The van der Waals surface area contributed by atoms with Crippen LogP contribution in [-0.4, -0.2) is 52.6 Å². The summed E-state index contributed by atoms with van der Waals surface area (Å²) < 4.78 is 25.0. The molecule has 3 aliphatic rings. The van der Waals surface area contributed by atoms with E-state index in [1.165, 1.54) is 17.7 Å². The van der Waals surface area contributed by atoms with Crippen LogP contribution in [0.2, 0.25) is 0 Å². The van der Waals surface area contributed by atoms with Crippen molar-refractivity contribution in [3.05, 3.63) is 5.73 Å². The van der Waals surface area contributed by atoms with Crippen LogP contribution in [0, 0.1) is 16.7 Å². The summed E-state index contributed by atoms with van der Waals surface area (Å²) in [5.74, 6) is -3.83. The molecule has 1 atom stereocenters. The van der Waals surface area contributed by atoms with Gasteiger partial charge in [-0.15, -0.1) is 0 Å². The summed E-state index contributed by atoms with van der Waals surface area (Å²) in [6.07, 6.45) is 4.36. The molecule has 0 unspecified atom stereocenters. The highest BCUT2D eigenvalue weighted by Gasteiger charge is 2.45. The molecule has 0 aromatic heterocycles. The number of nitrogens with one attached hydrogen (secondary N) is 2. The Hall–Kier alpha value is -1.95. The van der Waals surface area contributed by atoms with Crippen molar-refractivity contribution >= 4 is 12.0 Å². The Morgan fingerprint density at radius 3 is 2.15 bits per heavy atom. The number of likely N-dealkylation sites (tertiary alicyclic amines) is 1. The average molecular weight is 371 g/mol. The minimum Gasteiger partial charge on any atom is -0.667 e. The quantitative estimate of drug-likeness (QED) is 0.789. The number of amides is 2. The molecule has 3 fully saturated rings. The lowest BCUT2D eigenvalue weighted by Gasteiger charge is -2.29. The van der Waals surface area contributed by atoms with E-state index in [1.807, 2.05) is 6.07 Å². The minimum atomic E-state index is -3.03. The lowest BCUT2D eigenvalue weighted by Crippen LogP contribution is -2.42. The van der Waals surface area contributed by atoms with Gasteiger partial charge in [0.1, 0.15) is 5.54 Å². The van der Waals surface area contributed by atoms with Crippen LogP contribution in [0.3, 0.4) is 0 Å². The van der Waals surface area contributed by atoms with Gasteiger partial charge in [0, 0.05) is 19.5 Å². The van der Waals surface area contributed by atoms with Gasteiger partial charge in [-0.05, 0) is 50.9 Å². The zero-order chi connectivity index (χ0) is 19.6. The third kappa shape index (κ3) is 5.80. The second-order valence-corrected chi connectivity index (χ2v) is 7.78. The van der Waals surface area contributed by atoms with E-state index < -0.39 is 35.9 Å². The third-order valence-corrected chi connectivity index (χ3v) is 5.26. The molecule has 2 saturated carbocycles. The number of nitrogens with zero attached hydrogens (tertiary/aromatic N) is 2. The zero-order valence-corrected chi connectivity index (χ0v) is 14.9. The number of rotatable bonds is 4. The number of carbonyl (C=O) groups is 2. The first-order valence-electron chi connectivity index (χ1n) is 8.80. The van der Waals surface area contributed by atoms with E-state index in [0.29, 0.717) is 25.2 Å². The fraction of sp³-hybridized carbons (Fsp3) is 0.824. The Morgan fingerprint density at radius 2 is 1.81 bits per heavy atom. The highest BCUT2D eigenvalue weighted by Crippen LogP contribution is 2.53. The van der Waals surface area contributed by atoms with Crippen LogP contribution in [0.25, 0.3) is 5.73 Å². The number of hydrogen-bond acceptors (Lipinski definition) is 3. The molecule has 7 nitrogen and oxygen atoms in total. The summed E-state index contributed by atoms with van der Waals surface area (Å²) in [7, 11) is 0. The number of piperidine rings is 1. The van der Waals surface area contributed by atoms with Gasteiger partial charge in [0.15, 0.2) is 0 Å². The van der Waals surface area contributed by atoms with Crippen molar-refractivity contribution in [1.29, 1.82) is 5.26 Å². The molecule has 3 N–H and O–H groups in total. The van der Waals surface area contributed by atoms with Crippen molar-refractivity contribution in [3.8, 4) is 6.07 Å². The number of alkyl halides is 2. The summed E-state index contributed by atoms with van der Waals surface area (Å²) in [5, 5.41) is 19.6. The van der Waals surface area contributed by atoms with Crippen molar-refractivity contribution in [2.45, 2.75) is 69.4 Å². The molecule has 26 heavy (non-hydrogen) atoms. The first-order chi connectivity index (χ1) is 12.0. The molecule has 1 spiro atoms. The van der Waals surface area contributed by atoms with Crippen LogP contribution >= 0.6 is 0 Å².